The molecule has 1 saturated heterocycles. The van der Waals surface area contributed by atoms with E-state index in [4.69, 9.17) is 4.74 Å². The standard InChI is InChI=1S/C20H24N4O3/c1-27-18-4-2-16(3-5-18)23-20(26)19(25)22-14-15-8-12-24(13-9-15)17-6-10-21-11-7-17/h2-7,10-11,15H,8-9,12-14H2,1H3,(H,22,25)(H,23,26). The third-order valence-electron chi connectivity index (χ3n) is 4.75. The van der Waals surface area contributed by atoms with Crippen molar-refractivity contribution in [2.24, 2.45) is 5.92 Å². The van der Waals surface area contributed by atoms with Crippen LogP contribution in [-0.2, 0) is 9.59 Å². The number of aromatic nitrogens is 1. The van der Waals surface area contributed by atoms with Gasteiger partial charge < -0.3 is 20.3 Å². The van der Waals surface area contributed by atoms with E-state index < -0.39 is 11.8 Å². The third kappa shape index (κ3) is 5.20. The van der Waals surface area contributed by atoms with Crippen LogP contribution in [0.4, 0.5) is 11.4 Å². The summed E-state index contributed by atoms with van der Waals surface area (Å²) in [6, 6.07) is 10.9. The van der Waals surface area contributed by atoms with E-state index in [1.165, 1.54) is 5.69 Å². The van der Waals surface area contributed by atoms with Crippen LogP contribution in [0.2, 0.25) is 0 Å². The van der Waals surface area contributed by atoms with Gasteiger partial charge in [-0.25, -0.2) is 0 Å². The third-order valence-corrected chi connectivity index (χ3v) is 4.75. The number of piperidine rings is 1. The van der Waals surface area contributed by atoms with Crippen molar-refractivity contribution in [3.05, 3.63) is 48.8 Å². The highest BCUT2D eigenvalue weighted by Crippen LogP contribution is 2.22. The molecule has 1 fully saturated rings. The lowest BCUT2D eigenvalue weighted by molar-refractivity contribution is -0.136. The van der Waals surface area contributed by atoms with Gasteiger partial charge in [0.15, 0.2) is 0 Å². The van der Waals surface area contributed by atoms with Crippen molar-refractivity contribution in [1.29, 1.82) is 0 Å². The number of ether oxygens (including phenoxy) is 1. The minimum atomic E-state index is -0.658. The topological polar surface area (TPSA) is 83.6 Å². The molecule has 2 aromatic rings. The summed E-state index contributed by atoms with van der Waals surface area (Å²) in [7, 11) is 1.57. The van der Waals surface area contributed by atoms with Gasteiger partial charge in [0.05, 0.1) is 7.11 Å². The molecule has 0 atom stereocenters. The molecule has 0 radical (unpaired) electrons. The van der Waals surface area contributed by atoms with Gasteiger partial charge in [-0.1, -0.05) is 0 Å². The second-order valence-corrected chi connectivity index (χ2v) is 6.53. The van der Waals surface area contributed by atoms with Gasteiger partial charge in [-0.2, -0.15) is 0 Å². The normalized spacial score (nSPS) is 14.5. The lowest BCUT2D eigenvalue weighted by Gasteiger charge is -2.33. The molecule has 0 unspecified atom stereocenters. The van der Waals surface area contributed by atoms with Gasteiger partial charge in [-0.15, -0.1) is 0 Å². The Kier molecular flexibility index (Phi) is 6.25. The predicted molar refractivity (Wildman–Crippen MR) is 104 cm³/mol. The lowest BCUT2D eigenvalue weighted by atomic mass is 9.96. The first-order chi connectivity index (χ1) is 13.2. The summed E-state index contributed by atoms with van der Waals surface area (Å²) in [6.45, 7) is 2.38. The average Bonchev–Trinajstić information content (AvgIpc) is 2.73. The van der Waals surface area contributed by atoms with Crippen LogP contribution in [0.25, 0.3) is 0 Å². The molecule has 27 heavy (non-hydrogen) atoms. The number of anilines is 2. The maximum atomic E-state index is 12.0. The molecule has 1 aromatic heterocycles. The Morgan fingerprint density at radius 2 is 1.74 bits per heavy atom. The van der Waals surface area contributed by atoms with Crippen molar-refractivity contribution in [2.75, 3.05) is 37.0 Å². The van der Waals surface area contributed by atoms with Crippen LogP contribution in [0.1, 0.15) is 12.8 Å². The molecule has 1 aliphatic heterocycles. The molecule has 2 N–H and O–H groups in total. The number of carbonyl (C=O) groups excluding carboxylic acids is 2. The van der Waals surface area contributed by atoms with Gasteiger partial charge in [0.25, 0.3) is 0 Å². The van der Waals surface area contributed by atoms with Gasteiger partial charge in [-0.05, 0) is 55.2 Å². The van der Waals surface area contributed by atoms with Crippen LogP contribution in [-0.4, -0.2) is 43.5 Å². The highest BCUT2D eigenvalue weighted by molar-refractivity contribution is 6.39. The summed E-state index contributed by atoms with van der Waals surface area (Å²) in [5.74, 6) is -0.201. The van der Waals surface area contributed by atoms with Gasteiger partial charge in [0.2, 0.25) is 0 Å². The van der Waals surface area contributed by atoms with Crippen molar-refractivity contribution >= 4 is 23.2 Å². The van der Waals surface area contributed by atoms with Gasteiger partial charge >= 0.3 is 11.8 Å². The van der Waals surface area contributed by atoms with Crippen LogP contribution in [0.5, 0.6) is 5.75 Å². The Morgan fingerprint density at radius 3 is 2.37 bits per heavy atom. The fraction of sp³-hybridized carbons (Fsp3) is 0.350. The smallest absolute Gasteiger partial charge is 0.313 e. The van der Waals surface area contributed by atoms with Crippen molar-refractivity contribution in [3.8, 4) is 5.75 Å². The first kappa shape index (κ1) is 18.7. The Morgan fingerprint density at radius 1 is 1.07 bits per heavy atom. The maximum Gasteiger partial charge on any atom is 0.313 e. The molecular weight excluding hydrogens is 344 g/mol. The quantitative estimate of drug-likeness (QED) is 0.790. The first-order valence-corrected chi connectivity index (χ1v) is 9.04. The first-order valence-electron chi connectivity index (χ1n) is 9.04. The average molecular weight is 368 g/mol. The molecular formula is C20H24N4O3. The number of benzene rings is 1. The Hall–Kier alpha value is -3.09. The molecule has 0 saturated carbocycles. The van der Waals surface area contributed by atoms with Crippen molar-refractivity contribution in [1.82, 2.24) is 10.3 Å². The minimum Gasteiger partial charge on any atom is -0.497 e. The number of amides is 2. The van der Waals surface area contributed by atoms with Crippen molar-refractivity contribution in [2.45, 2.75) is 12.8 Å². The molecule has 3 rings (SSSR count). The zero-order chi connectivity index (χ0) is 19.1. The molecule has 142 valence electrons. The Balaban J connectivity index is 1.40. The molecule has 2 amide bonds. The molecule has 7 heteroatoms. The summed E-state index contributed by atoms with van der Waals surface area (Å²) in [4.78, 5) is 30.4. The molecule has 1 aliphatic rings. The molecule has 1 aromatic carbocycles. The van der Waals surface area contributed by atoms with Crippen LogP contribution >= 0.6 is 0 Å². The maximum absolute atomic E-state index is 12.0. The SMILES string of the molecule is COc1ccc(NC(=O)C(=O)NCC2CCN(c3ccncc3)CC2)cc1. The van der Waals surface area contributed by atoms with Crippen molar-refractivity contribution < 1.29 is 14.3 Å². The van der Waals surface area contributed by atoms with E-state index in [2.05, 4.69) is 20.5 Å². The van der Waals surface area contributed by atoms with Gasteiger partial charge in [-0.3, -0.25) is 14.6 Å². The number of nitrogens with zero attached hydrogens (tertiary/aromatic N) is 2. The molecule has 0 bridgehead atoms. The summed E-state index contributed by atoms with van der Waals surface area (Å²) >= 11 is 0. The summed E-state index contributed by atoms with van der Waals surface area (Å²) < 4.78 is 5.06. The number of hydrogen-bond acceptors (Lipinski definition) is 5. The van der Waals surface area contributed by atoms with Crippen LogP contribution in [0, 0.1) is 5.92 Å². The van der Waals surface area contributed by atoms with Crippen LogP contribution < -0.4 is 20.3 Å². The number of pyridine rings is 1. The summed E-state index contributed by atoms with van der Waals surface area (Å²) in [5, 5.41) is 5.33. The zero-order valence-electron chi connectivity index (χ0n) is 15.4. The lowest BCUT2D eigenvalue weighted by Crippen LogP contribution is -2.41. The number of nitrogens with one attached hydrogen (secondary N) is 2. The molecule has 2 heterocycles. The van der Waals surface area contributed by atoms with E-state index in [-0.39, 0.29) is 0 Å². The number of carbonyl (C=O) groups is 2. The monoisotopic (exact) mass is 368 g/mol. The highest BCUT2D eigenvalue weighted by Gasteiger charge is 2.21. The molecule has 7 nitrogen and oxygen atoms in total. The number of methoxy groups -OCH3 is 1. The minimum absolute atomic E-state index is 0.376. The van der Waals surface area contributed by atoms with Gasteiger partial charge in [0.1, 0.15) is 5.75 Å². The largest absolute Gasteiger partial charge is 0.497 e. The second kappa shape index (κ2) is 9.02. The molecule has 0 spiro atoms. The second-order valence-electron chi connectivity index (χ2n) is 6.53. The van der Waals surface area contributed by atoms with E-state index in [9.17, 15) is 9.59 Å². The van der Waals surface area contributed by atoms with Crippen LogP contribution in [0.15, 0.2) is 48.8 Å². The van der Waals surface area contributed by atoms with Crippen LogP contribution in [0.3, 0.4) is 0 Å². The van der Waals surface area contributed by atoms with Crippen molar-refractivity contribution in [3.63, 3.8) is 0 Å². The highest BCUT2D eigenvalue weighted by atomic mass is 16.5. The zero-order valence-corrected chi connectivity index (χ0v) is 15.4. The van der Waals surface area contributed by atoms with E-state index in [0.717, 1.165) is 25.9 Å². The summed E-state index contributed by atoms with van der Waals surface area (Å²) in [6.07, 6.45) is 5.54. The van der Waals surface area contributed by atoms with E-state index in [1.54, 1.807) is 43.8 Å². The van der Waals surface area contributed by atoms with E-state index >= 15 is 0 Å². The van der Waals surface area contributed by atoms with E-state index in [1.807, 2.05) is 12.1 Å². The van der Waals surface area contributed by atoms with E-state index in [0.29, 0.717) is 23.9 Å². The van der Waals surface area contributed by atoms with Gasteiger partial charge in [0, 0.05) is 43.4 Å². The predicted octanol–water partition coefficient (Wildman–Crippen LogP) is 2.06. The Labute approximate surface area is 158 Å². The molecule has 0 aliphatic carbocycles. The fourth-order valence-electron chi connectivity index (χ4n) is 3.13. The summed E-state index contributed by atoms with van der Waals surface area (Å²) in [5.41, 5.74) is 1.73. The number of hydrogen-bond donors (Lipinski definition) is 2. The fourth-order valence-corrected chi connectivity index (χ4v) is 3.13. The Bertz CT molecular complexity index is 757. The number of rotatable bonds is 5.